The quantitative estimate of drug-likeness (QED) is 0.794. The zero-order chi connectivity index (χ0) is 13.8. The number of nitrogen functional groups attached to an aromatic ring is 1. The highest BCUT2D eigenvalue weighted by atomic mass is 16.1. The molecule has 1 aromatic rings. The topological polar surface area (TPSA) is 82.2 Å². The highest BCUT2D eigenvalue weighted by Crippen LogP contribution is 2.25. The van der Waals surface area contributed by atoms with Crippen molar-refractivity contribution in [3.63, 3.8) is 0 Å². The maximum atomic E-state index is 11.0. The Morgan fingerprint density at radius 2 is 2.42 bits per heavy atom. The number of carbonyl (C=O) groups excluding carboxylic acids is 1. The van der Waals surface area contributed by atoms with E-state index in [1.807, 2.05) is 18.2 Å². The van der Waals surface area contributed by atoms with Crippen LogP contribution in [0.3, 0.4) is 0 Å². The number of anilines is 2. The Morgan fingerprint density at radius 3 is 3.11 bits per heavy atom. The summed E-state index contributed by atoms with van der Waals surface area (Å²) in [6.45, 7) is 3.24. The second kappa shape index (κ2) is 5.61. The second-order valence-electron chi connectivity index (χ2n) is 4.85. The number of nitrogens with one attached hydrogen (secondary N) is 1. The van der Waals surface area contributed by atoms with Crippen LogP contribution in [-0.4, -0.2) is 25.0 Å². The molecule has 1 fully saturated rings. The molecule has 1 saturated heterocycles. The molecule has 1 heterocycles. The lowest BCUT2D eigenvalue weighted by atomic mass is 10.1. The maximum absolute atomic E-state index is 11.0. The van der Waals surface area contributed by atoms with Gasteiger partial charge in [0.15, 0.2) is 0 Å². The van der Waals surface area contributed by atoms with Gasteiger partial charge in [-0.2, -0.15) is 5.26 Å². The minimum atomic E-state index is 0.00863. The van der Waals surface area contributed by atoms with Gasteiger partial charge in [0.05, 0.1) is 12.5 Å². The summed E-state index contributed by atoms with van der Waals surface area (Å²) in [6, 6.07) is 8.10. The largest absolute Gasteiger partial charge is 0.398 e. The summed E-state index contributed by atoms with van der Waals surface area (Å²) < 4.78 is 0. The van der Waals surface area contributed by atoms with Crippen LogP contribution in [0.5, 0.6) is 0 Å². The van der Waals surface area contributed by atoms with Gasteiger partial charge >= 0.3 is 0 Å². The molecule has 1 atom stereocenters. The van der Waals surface area contributed by atoms with E-state index in [1.165, 1.54) is 6.92 Å². The molecule has 1 aromatic carbocycles. The molecule has 1 aliphatic rings. The van der Waals surface area contributed by atoms with E-state index in [1.54, 1.807) is 0 Å². The number of rotatable bonds is 3. The molecule has 0 saturated carbocycles. The Balaban J connectivity index is 2.09. The third-order valence-corrected chi connectivity index (χ3v) is 3.36. The Labute approximate surface area is 113 Å². The molecule has 3 N–H and O–H groups in total. The number of nitrogens with zero attached hydrogens (tertiary/aromatic N) is 2. The van der Waals surface area contributed by atoms with Crippen molar-refractivity contribution in [2.45, 2.75) is 25.8 Å². The molecule has 1 aliphatic heterocycles. The van der Waals surface area contributed by atoms with E-state index in [0.717, 1.165) is 30.8 Å². The van der Waals surface area contributed by atoms with Crippen molar-refractivity contribution < 1.29 is 4.79 Å². The Bertz CT molecular complexity index is 521. The van der Waals surface area contributed by atoms with Gasteiger partial charge in [-0.1, -0.05) is 0 Å². The van der Waals surface area contributed by atoms with Crippen molar-refractivity contribution >= 4 is 17.3 Å². The molecular formula is C14H18N4O. The first-order valence-electron chi connectivity index (χ1n) is 6.37. The van der Waals surface area contributed by atoms with Gasteiger partial charge in [-0.15, -0.1) is 0 Å². The summed E-state index contributed by atoms with van der Waals surface area (Å²) in [4.78, 5) is 13.3. The van der Waals surface area contributed by atoms with E-state index in [2.05, 4.69) is 16.3 Å². The smallest absolute Gasteiger partial charge is 0.217 e. The van der Waals surface area contributed by atoms with Crippen molar-refractivity contribution in [3.05, 3.63) is 23.8 Å². The third-order valence-electron chi connectivity index (χ3n) is 3.36. The van der Waals surface area contributed by atoms with E-state index in [9.17, 15) is 4.79 Å². The molecule has 5 heteroatoms. The Kier molecular flexibility index (Phi) is 3.91. The second-order valence-corrected chi connectivity index (χ2v) is 4.85. The average molecular weight is 258 g/mol. The van der Waals surface area contributed by atoms with Crippen molar-refractivity contribution in [1.82, 2.24) is 5.32 Å². The van der Waals surface area contributed by atoms with E-state index in [0.29, 0.717) is 12.1 Å². The first-order chi connectivity index (χ1) is 9.10. The summed E-state index contributed by atoms with van der Waals surface area (Å²) in [5.41, 5.74) is 8.42. The lowest BCUT2D eigenvalue weighted by molar-refractivity contribution is -0.119. The number of benzene rings is 1. The summed E-state index contributed by atoms with van der Waals surface area (Å²) in [7, 11) is 0. The van der Waals surface area contributed by atoms with Crippen molar-refractivity contribution in [2.24, 2.45) is 0 Å². The van der Waals surface area contributed by atoms with Crippen molar-refractivity contribution in [3.8, 4) is 6.07 Å². The first-order valence-corrected chi connectivity index (χ1v) is 6.37. The van der Waals surface area contributed by atoms with Gasteiger partial charge in [0, 0.05) is 37.4 Å². The monoisotopic (exact) mass is 258 g/mol. The van der Waals surface area contributed by atoms with Crippen LogP contribution in [-0.2, 0) is 11.2 Å². The summed E-state index contributed by atoms with van der Waals surface area (Å²) in [5.74, 6) is 0.00863. The van der Waals surface area contributed by atoms with E-state index in [-0.39, 0.29) is 11.9 Å². The zero-order valence-corrected chi connectivity index (χ0v) is 11.0. The highest BCUT2D eigenvalue weighted by molar-refractivity contribution is 5.73. The standard InChI is InChI=1S/C14H18N4O/c1-10(19)17-12-5-7-18(9-12)13-2-3-14(16)11(8-13)4-6-15/h2-3,8,12H,4-5,7,9,16H2,1H3,(H,17,19). The SMILES string of the molecule is CC(=O)NC1CCN(c2ccc(N)c(CC#N)c2)C1. The van der Waals surface area contributed by atoms with Gasteiger partial charge in [0.25, 0.3) is 0 Å². The van der Waals surface area contributed by atoms with Crippen LogP contribution >= 0.6 is 0 Å². The van der Waals surface area contributed by atoms with Gasteiger partial charge in [0.2, 0.25) is 5.91 Å². The van der Waals surface area contributed by atoms with Crippen LogP contribution in [0, 0.1) is 11.3 Å². The molecule has 100 valence electrons. The molecule has 19 heavy (non-hydrogen) atoms. The normalized spacial score (nSPS) is 18.1. The number of carbonyl (C=O) groups is 1. The predicted molar refractivity (Wildman–Crippen MR) is 74.6 cm³/mol. The van der Waals surface area contributed by atoms with Crippen LogP contribution < -0.4 is 16.0 Å². The molecule has 1 unspecified atom stereocenters. The molecule has 0 radical (unpaired) electrons. The van der Waals surface area contributed by atoms with Crippen molar-refractivity contribution in [2.75, 3.05) is 23.7 Å². The fourth-order valence-corrected chi connectivity index (χ4v) is 2.43. The third kappa shape index (κ3) is 3.16. The number of amides is 1. The fraction of sp³-hybridized carbons (Fsp3) is 0.429. The molecule has 0 bridgehead atoms. The molecular weight excluding hydrogens is 240 g/mol. The number of nitriles is 1. The van der Waals surface area contributed by atoms with Crippen LogP contribution in [0.25, 0.3) is 0 Å². The van der Waals surface area contributed by atoms with Gasteiger partial charge in [0.1, 0.15) is 0 Å². The number of hydrogen-bond acceptors (Lipinski definition) is 4. The fourth-order valence-electron chi connectivity index (χ4n) is 2.43. The molecule has 2 rings (SSSR count). The van der Waals surface area contributed by atoms with Gasteiger partial charge in [-0.25, -0.2) is 0 Å². The summed E-state index contributed by atoms with van der Waals surface area (Å²) in [5, 5.41) is 11.7. The van der Waals surface area contributed by atoms with E-state index < -0.39 is 0 Å². The number of nitrogens with two attached hydrogens (primary N) is 1. The van der Waals surface area contributed by atoms with E-state index in [4.69, 9.17) is 11.0 Å². The lowest BCUT2D eigenvalue weighted by Crippen LogP contribution is -2.35. The lowest BCUT2D eigenvalue weighted by Gasteiger charge is -2.20. The molecule has 0 aliphatic carbocycles. The van der Waals surface area contributed by atoms with Crippen LogP contribution in [0.2, 0.25) is 0 Å². The van der Waals surface area contributed by atoms with Gasteiger partial charge in [-0.3, -0.25) is 4.79 Å². The summed E-state index contributed by atoms with van der Waals surface area (Å²) in [6.07, 6.45) is 1.26. The number of hydrogen-bond donors (Lipinski definition) is 2. The Morgan fingerprint density at radius 1 is 1.63 bits per heavy atom. The average Bonchev–Trinajstić information content (AvgIpc) is 2.80. The molecule has 1 amide bonds. The van der Waals surface area contributed by atoms with E-state index >= 15 is 0 Å². The summed E-state index contributed by atoms with van der Waals surface area (Å²) >= 11 is 0. The van der Waals surface area contributed by atoms with Crippen LogP contribution in [0.15, 0.2) is 18.2 Å². The zero-order valence-electron chi connectivity index (χ0n) is 11.0. The molecule has 0 aromatic heterocycles. The minimum absolute atomic E-state index is 0.00863. The Hall–Kier alpha value is -2.22. The highest BCUT2D eigenvalue weighted by Gasteiger charge is 2.23. The minimum Gasteiger partial charge on any atom is -0.398 e. The predicted octanol–water partition coefficient (Wildman–Crippen LogP) is 1.05. The van der Waals surface area contributed by atoms with Gasteiger partial charge < -0.3 is 16.0 Å². The van der Waals surface area contributed by atoms with Gasteiger partial charge in [-0.05, 0) is 30.2 Å². The maximum Gasteiger partial charge on any atom is 0.217 e. The van der Waals surface area contributed by atoms with Crippen molar-refractivity contribution in [1.29, 1.82) is 5.26 Å². The molecule has 5 nitrogen and oxygen atoms in total. The van der Waals surface area contributed by atoms with Crippen LogP contribution in [0.4, 0.5) is 11.4 Å². The first kappa shape index (κ1) is 13.2. The molecule has 0 spiro atoms. The van der Waals surface area contributed by atoms with Crippen LogP contribution in [0.1, 0.15) is 18.9 Å².